The second-order valence-corrected chi connectivity index (χ2v) is 3.40. The van der Waals surface area contributed by atoms with Crippen LogP contribution in [0.5, 0.6) is 0 Å². The third-order valence-electron chi connectivity index (χ3n) is 1.85. The van der Waals surface area contributed by atoms with Crippen molar-refractivity contribution in [1.29, 1.82) is 0 Å². The molecule has 0 fully saturated rings. The normalized spacial score (nSPS) is 13.9. The Morgan fingerprint density at radius 3 is 2.27 bits per heavy atom. The number of rotatable bonds is 3. The van der Waals surface area contributed by atoms with Gasteiger partial charge in [0.25, 0.3) is 0 Å². The smallest absolute Gasteiger partial charge is 0.396 e. The number of alkyl halides is 3. The quantitative estimate of drug-likeness (QED) is 0.842. The number of aliphatic hydroxyl groups excluding tert-OH is 1. The van der Waals surface area contributed by atoms with Gasteiger partial charge in [-0.3, -0.25) is 0 Å². The van der Waals surface area contributed by atoms with Crippen molar-refractivity contribution >= 4 is 0 Å². The molecule has 1 aromatic heterocycles. The fourth-order valence-electron chi connectivity index (χ4n) is 1.07. The number of hydrogen-bond donors (Lipinski definition) is 1. The molecule has 0 unspecified atom stereocenters. The van der Waals surface area contributed by atoms with Crippen molar-refractivity contribution in [3.63, 3.8) is 0 Å². The number of hydrogen-bond acceptors (Lipinski definition) is 3. The minimum Gasteiger partial charge on any atom is -0.396 e. The first-order valence-corrected chi connectivity index (χ1v) is 4.42. The monoisotopic (exact) mass is 220 g/mol. The third kappa shape index (κ3) is 3.47. The lowest BCUT2D eigenvalue weighted by Crippen LogP contribution is -2.12. The summed E-state index contributed by atoms with van der Waals surface area (Å²) in [4.78, 5) is 6.44. The molecule has 3 nitrogen and oxygen atoms in total. The zero-order valence-electron chi connectivity index (χ0n) is 8.12. The molecule has 0 saturated heterocycles. The highest BCUT2D eigenvalue weighted by Crippen LogP contribution is 2.25. The molecule has 1 atom stereocenters. The molecular weight excluding hydrogens is 209 g/mol. The second-order valence-electron chi connectivity index (χ2n) is 3.40. The van der Waals surface area contributed by atoms with E-state index in [-0.39, 0.29) is 12.5 Å². The summed E-state index contributed by atoms with van der Waals surface area (Å²) >= 11 is 0. The van der Waals surface area contributed by atoms with Crippen molar-refractivity contribution in [2.75, 3.05) is 6.61 Å². The van der Waals surface area contributed by atoms with Crippen LogP contribution in [0, 0.1) is 5.92 Å². The van der Waals surface area contributed by atoms with Gasteiger partial charge < -0.3 is 5.11 Å². The van der Waals surface area contributed by atoms with E-state index in [0.29, 0.717) is 12.0 Å². The molecule has 0 aliphatic carbocycles. The number of aliphatic hydroxyl groups is 1. The van der Waals surface area contributed by atoms with E-state index in [1.807, 2.05) is 0 Å². The fraction of sp³-hybridized carbons (Fsp3) is 0.556. The molecule has 0 bridgehead atoms. The maximum Gasteiger partial charge on any atom is 0.451 e. The molecule has 84 valence electrons. The third-order valence-corrected chi connectivity index (χ3v) is 1.85. The Labute approximate surface area is 85.0 Å². The van der Waals surface area contributed by atoms with E-state index >= 15 is 0 Å². The summed E-state index contributed by atoms with van der Waals surface area (Å²) in [6, 6.07) is 0. The van der Waals surface area contributed by atoms with Gasteiger partial charge in [0.2, 0.25) is 5.82 Å². The van der Waals surface area contributed by atoms with Gasteiger partial charge in [0, 0.05) is 19.0 Å². The Kier molecular flexibility index (Phi) is 3.62. The van der Waals surface area contributed by atoms with Gasteiger partial charge >= 0.3 is 6.18 Å². The van der Waals surface area contributed by atoms with Gasteiger partial charge in [-0.25, -0.2) is 9.97 Å². The SMILES string of the molecule is C[C@H](CO)Cc1cnc(C(F)(F)F)nc1. The van der Waals surface area contributed by atoms with Gasteiger partial charge in [-0.1, -0.05) is 6.92 Å². The van der Waals surface area contributed by atoms with Crippen molar-refractivity contribution in [2.24, 2.45) is 5.92 Å². The number of nitrogens with zero attached hydrogens (tertiary/aromatic N) is 2. The van der Waals surface area contributed by atoms with Crippen LogP contribution in [0.1, 0.15) is 18.3 Å². The Hall–Kier alpha value is -1.17. The van der Waals surface area contributed by atoms with E-state index in [9.17, 15) is 13.2 Å². The standard InChI is InChI=1S/C9H11F3N2O/c1-6(5-15)2-7-3-13-8(14-4-7)9(10,11)12/h3-4,6,15H,2,5H2,1H3/t6-/m0/s1. The molecule has 0 amide bonds. The maximum absolute atomic E-state index is 12.1. The van der Waals surface area contributed by atoms with Crippen molar-refractivity contribution in [2.45, 2.75) is 19.5 Å². The summed E-state index contributed by atoms with van der Waals surface area (Å²) in [6.45, 7) is 1.78. The van der Waals surface area contributed by atoms with Gasteiger partial charge in [0.15, 0.2) is 0 Å². The van der Waals surface area contributed by atoms with E-state index in [1.165, 1.54) is 0 Å². The summed E-state index contributed by atoms with van der Waals surface area (Å²) in [5.74, 6) is -1.15. The van der Waals surface area contributed by atoms with E-state index in [1.54, 1.807) is 6.92 Å². The van der Waals surface area contributed by atoms with Crippen LogP contribution in [-0.2, 0) is 12.6 Å². The second kappa shape index (κ2) is 4.57. The Morgan fingerprint density at radius 1 is 1.33 bits per heavy atom. The van der Waals surface area contributed by atoms with Gasteiger partial charge in [-0.2, -0.15) is 13.2 Å². The molecule has 0 aliphatic rings. The van der Waals surface area contributed by atoms with E-state index in [2.05, 4.69) is 9.97 Å². The Bertz CT molecular complexity index is 310. The molecule has 0 spiro atoms. The molecule has 1 heterocycles. The maximum atomic E-state index is 12.1. The Morgan fingerprint density at radius 2 is 1.87 bits per heavy atom. The minimum absolute atomic E-state index is 0.00895. The first-order valence-electron chi connectivity index (χ1n) is 4.42. The molecular formula is C9H11F3N2O. The van der Waals surface area contributed by atoms with Crippen LogP contribution in [0.3, 0.4) is 0 Å². The largest absolute Gasteiger partial charge is 0.451 e. The van der Waals surface area contributed by atoms with Gasteiger partial charge in [-0.05, 0) is 17.9 Å². The summed E-state index contributed by atoms with van der Waals surface area (Å²) in [7, 11) is 0. The predicted molar refractivity (Wildman–Crippen MR) is 47.0 cm³/mol. The van der Waals surface area contributed by atoms with E-state index in [4.69, 9.17) is 5.11 Å². The van der Waals surface area contributed by atoms with Crippen LogP contribution < -0.4 is 0 Å². The van der Waals surface area contributed by atoms with Crippen LogP contribution in [0.25, 0.3) is 0 Å². The van der Waals surface area contributed by atoms with Crippen molar-refractivity contribution in [3.05, 3.63) is 23.8 Å². The lowest BCUT2D eigenvalue weighted by atomic mass is 10.1. The van der Waals surface area contributed by atoms with Crippen molar-refractivity contribution < 1.29 is 18.3 Å². The predicted octanol–water partition coefficient (Wildman–Crippen LogP) is 1.67. The highest BCUT2D eigenvalue weighted by Gasteiger charge is 2.34. The molecule has 6 heteroatoms. The van der Waals surface area contributed by atoms with Gasteiger partial charge in [-0.15, -0.1) is 0 Å². The van der Waals surface area contributed by atoms with Gasteiger partial charge in [0.05, 0.1) is 0 Å². The molecule has 0 aliphatic heterocycles. The van der Waals surface area contributed by atoms with Crippen LogP contribution in [-0.4, -0.2) is 21.7 Å². The van der Waals surface area contributed by atoms with Crippen LogP contribution in [0.15, 0.2) is 12.4 Å². The average molecular weight is 220 g/mol. The lowest BCUT2D eigenvalue weighted by molar-refractivity contribution is -0.145. The number of aromatic nitrogens is 2. The summed E-state index contributed by atoms with van der Waals surface area (Å²) in [5, 5.41) is 8.76. The summed E-state index contributed by atoms with van der Waals surface area (Å²) in [5.41, 5.74) is 0.588. The van der Waals surface area contributed by atoms with Crippen LogP contribution in [0.4, 0.5) is 13.2 Å². The van der Waals surface area contributed by atoms with Crippen molar-refractivity contribution in [1.82, 2.24) is 9.97 Å². The molecule has 15 heavy (non-hydrogen) atoms. The molecule has 0 saturated carbocycles. The van der Waals surface area contributed by atoms with Crippen LogP contribution in [0.2, 0.25) is 0 Å². The van der Waals surface area contributed by atoms with E-state index in [0.717, 1.165) is 12.4 Å². The molecule has 0 radical (unpaired) electrons. The van der Waals surface area contributed by atoms with E-state index < -0.39 is 12.0 Å². The zero-order chi connectivity index (χ0) is 11.5. The average Bonchev–Trinajstić information content (AvgIpc) is 2.17. The highest BCUT2D eigenvalue weighted by atomic mass is 19.4. The van der Waals surface area contributed by atoms with Gasteiger partial charge in [0.1, 0.15) is 0 Å². The molecule has 1 rings (SSSR count). The fourth-order valence-corrected chi connectivity index (χ4v) is 1.07. The molecule has 1 aromatic rings. The zero-order valence-corrected chi connectivity index (χ0v) is 8.12. The highest BCUT2D eigenvalue weighted by molar-refractivity contribution is 5.07. The van der Waals surface area contributed by atoms with Crippen molar-refractivity contribution in [3.8, 4) is 0 Å². The summed E-state index contributed by atoms with van der Waals surface area (Å²) in [6.07, 6.45) is -1.75. The Balaban J connectivity index is 2.73. The topological polar surface area (TPSA) is 46.0 Å². The van der Waals surface area contributed by atoms with Crippen LogP contribution >= 0.6 is 0 Å². The molecule has 0 aromatic carbocycles. The first-order chi connectivity index (χ1) is 6.93. The summed E-state index contributed by atoms with van der Waals surface area (Å²) < 4.78 is 36.2. The number of halogens is 3. The lowest BCUT2D eigenvalue weighted by Gasteiger charge is -2.08. The molecule has 1 N–H and O–H groups in total. The first kappa shape index (κ1) is 11.9. The minimum atomic E-state index is -4.50.